The van der Waals surface area contributed by atoms with E-state index < -0.39 is 17.7 Å². The predicted octanol–water partition coefficient (Wildman–Crippen LogP) is 2.22. The average molecular weight is 334 g/mol. The molecule has 2 heterocycles. The smallest absolute Gasteiger partial charge is 0.410 e. The zero-order chi connectivity index (χ0) is 17.7. The number of anilines is 1. The number of amides is 1. The average Bonchev–Trinajstić information content (AvgIpc) is 2.54. The van der Waals surface area contributed by atoms with E-state index in [9.17, 15) is 9.59 Å². The minimum atomic E-state index is -1.09. The Morgan fingerprint density at radius 2 is 2.33 bits per heavy atom. The second-order valence-electron chi connectivity index (χ2n) is 5.91. The minimum absolute atomic E-state index is 0.0328. The molecule has 0 radical (unpaired) electrons. The fourth-order valence-corrected chi connectivity index (χ4v) is 2.23. The van der Waals surface area contributed by atoms with Crippen LogP contribution in [0.1, 0.15) is 37.2 Å². The van der Waals surface area contributed by atoms with Crippen molar-refractivity contribution in [1.82, 2.24) is 9.88 Å². The van der Waals surface area contributed by atoms with Gasteiger partial charge in [0.1, 0.15) is 11.4 Å². The number of hydrogen-bond donors (Lipinski definition) is 3. The molecule has 0 bridgehead atoms. The molecule has 1 aliphatic rings. The number of carboxylic acid groups (broad SMARTS) is 1. The summed E-state index contributed by atoms with van der Waals surface area (Å²) in [4.78, 5) is 28.7. The molecule has 1 aliphatic heterocycles. The second-order valence-corrected chi connectivity index (χ2v) is 5.91. The maximum Gasteiger partial charge on any atom is 0.410 e. The number of carbonyl (C=O) groups excluding carboxylic acids is 1. The first kappa shape index (κ1) is 17.7. The van der Waals surface area contributed by atoms with Crippen LogP contribution < -0.4 is 5.32 Å². The molecule has 0 saturated carbocycles. The van der Waals surface area contributed by atoms with Gasteiger partial charge in [0.15, 0.2) is 5.69 Å². The minimum Gasteiger partial charge on any atom is -0.477 e. The van der Waals surface area contributed by atoms with Gasteiger partial charge in [0.2, 0.25) is 0 Å². The molecule has 0 aliphatic carbocycles. The number of pyridine rings is 1. The van der Waals surface area contributed by atoms with Crippen molar-refractivity contribution in [2.24, 2.45) is 0 Å². The summed E-state index contributed by atoms with van der Waals surface area (Å²) < 4.78 is 5.40. The Kier molecular flexibility index (Phi) is 5.38. The van der Waals surface area contributed by atoms with Crippen molar-refractivity contribution in [3.8, 4) is 0 Å². The molecule has 1 fully saturated rings. The fourth-order valence-electron chi connectivity index (χ4n) is 2.23. The number of aromatic nitrogens is 1. The zero-order valence-corrected chi connectivity index (χ0v) is 13.8. The van der Waals surface area contributed by atoms with E-state index >= 15 is 0 Å². The standard InChI is InChI=1S/C16H22N4O4/c1-3-16(2,10-17)24-15(23)20-8-7-11(20)9-18-13-6-4-5-12(19-13)14(21)22/h4-6,10-11,17H,3,7-9H2,1-2H3,(H,18,19)(H,21,22). The lowest BCUT2D eigenvalue weighted by Gasteiger charge is -2.41. The molecular formula is C16H22N4O4. The van der Waals surface area contributed by atoms with E-state index in [1.807, 2.05) is 6.92 Å². The van der Waals surface area contributed by atoms with E-state index in [0.29, 0.717) is 25.3 Å². The third kappa shape index (κ3) is 4.01. The first-order valence-electron chi connectivity index (χ1n) is 7.84. The van der Waals surface area contributed by atoms with E-state index in [1.54, 1.807) is 24.0 Å². The Labute approximate surface area is 140 Å². The Hall–Kier alpha value is -2.64. The number of carbonyl (C=O) groups is 2. The quantitative estimate of drug-likeness (QED) is 0.659. The van der Waals surface area contributed by atoms with Gasteiger partial charge in [-0.2, -0.15) is 0 Å². The van der Waals surface area contributed by atoms with Crippen LogP contribution in [0.5, 0.6) is 0 Å². The van der Waals surface area contributed by atoms with Gasteiger partial charge in [0.25, 0.3) is 0 Å². The van der Waals surface area contributed by atoms with Gasteiger partial charge >= 0.3 is 12.1 Å². The highest BCUT2D eigenvalue weighted by Crippen LogP contribution is 2.22. The maximum atomic E-state index is 12.2. The third-order valence-electron chi connectivity index (χ3n) is 4.19. The van der Waals surface area contributed by atoms with E-state index in [1.165, 1.54) is 6.07 Å². The first-order valence-corrected chi connectivity index (χ1v) is 7.84. The Bertz CT molecular complexity index is 636. The molecule has 24 heavy (non-hydrogen) atoms. The molecule has 1 amide bonds. The number of aromatic carboxylic acids is 1. The highest BCUT2D eigenvalue weighted by atomic mass is 16.6. The van der Waals surface area contributed by atoms with E-state index in [2.05, 4.69) is 10.3 Å². The van der Waals surface area contributed by atoms with Crippen LogP contribution in [0, 0.1) is 5.41 Å². The van der Waals surface area contributed by atoms with Crippen molar-refractivity contribution < 1.29 is 19.4 Å². The number of carboxylic acids is 1. The van der Waals surface area contributed by atoms with Gasteiger partial charge in [0.05, 0.1) is 6.04 Å². The molecule has 8 nitrogen and oxygen atoms in total. The van der Waals surface area contributed by atoms with Gasteiger partial charge < -0.3 is 25.5 Å². The van der Waals surface area contributed by atoms with Crippen molar-refractivity contribution in [2.75, 3.05) is 18.4 Å². The summed E-state index contributed by atoms with van der Waals surface area (Å²) in [6.07, 6.45) is 2.06. The Morgan fingerprint density at radius 3 is 2.88 bits per heavy atom. The van der Waals surface area contributed by atoms with Crippen LogP contribution >= 0.6 is 0 Å². The number of rotatable bonds is 7. The number of nitrogens with zero attached hydrogens (tertiary/aromatic N) is 2. The number of ether oxygens (including phenoxy) is 1. The summed E-state index contributed by atoms with van der Waals surface area (Å²) in [5, 5.41) is 19.4. The lowest BCUT2D eigenvalue weighted by molar-refractivity contribution is 0.0102. The highest BCUT2D eigenvalue weighted by Gasteiger charge is 2.36. The molecule has 1 aromatic heterocycles. The summed E-state index contributed by atoms with van der Waals surface area (Å²) in [6, 6.07) is 4.67. The third-order valence-corrected chi connectivity index (χ3v) is 4.19. The van der Waals surface area contributed by atoms with E-state index in [-0.39, 0.29) is 11.7 Å². The number of hydrogen-bond acceptors (Lipinski definition) is 6. The van der Waals surface area contributed by atoms with Gasteiger partial charge in [-0.1, -0.05) is 13.0 Å². The summed E-state index contributed by atoms with van der Waals surface area (Å²) in [5.41, 5.74) is -0.920. The number of likely N-dealkylation sites (tertiary alicyclic amines) is 1. The van der Waals surface area contributed by atoms with Gasteiger partial charge in [-0.15, -0.1) is 0 Å². The molecule has 2 rings (SSSR count). The molecule has 2 unspecified atom stereocenters. The molecule has 130 valence electrons. The SMILES string of the molecule is CCC(C)(C=N)OC(=O)N1CCC1CNc1cccc(C(=O)O)n1. The topological polar surface area (TPSA) is 116 Å². The molecule has 1 saturated heterocycles. The molecule has 0 spiro atoms. The van der Waals surface area contributed by atoms with Crippen LogP contribution in [-0.4, -0.2) is 58.0 Å². The monoisotopic (exact) mass is 334 g/mol. The van der Waals surface area contributed by atoms with Crippen molar-refractivity contribution >= 4 is 24.1 Å². The van der Waals surface area contributed by atoms with Gasteiger partial charge in [-0.3, -0.25) is 0 Å². The van der Waals surface area contributed by atoms with Crippen LogP contribution in [0.2, 0.25) is 0 Å². The van der Waals surface area contributed by atoms with E-state index in [4.69, 9.17) is 15.3 Å². The van der Waals surface area contributed by atoms with Crippen molar-refractivity contribution in [1.29, 1.82) is 5.41 Å². The van der Waals surface area contributed by atoms with Crippen LogP contribution in [0.15, 0.2) is 18.2 Å². The van der Waals surface area contributed by atoms with Gasteiger partial charge in [0, 0.05) is 19.3 Å². The predicted molar refractivity (Wildman–Crippen MR) is 88.8 cm³/mol. The Morgan fingerprint density at radius 1 is 1.58 bits per heavy atom. The summed E-state index contributed by atoms with van der Waals surface area (Å²) >= 11 is 0. The molecule has 1 aromatic rings. The fraction of sp³-hybridized carbons (Fsp3) is 0.500. The van der Waals surface area contributed by atoms with Crippen LogP contribution in [0.25, 0.3) is 0 Å². The molecule has 3 N–H and O–H groups in total. The van der Waals surface area contributed by atoms with E-state index in [0.717, 1.165) is 12.6 Å². The number of nitrogens with one attached hydrogen (secondary N) is 2. The molecule has 2 atom stereocenters. The summed E-state index contributed by atoms with van der Waals surface area (Å²) in [6.45, 7) is 4.62. The summed E-state index contributed by atoms with van der Waals surface area (Å²) in [7, 11) is 0. The summed E-state index contributed by atoms with van der Waals surface area (Å²) in [5.74, 6) is -0.633. The van der Waals surface area contributed by atoms with Gasteiger partial charge in [-0.25, -0.2) is 14.6 Å². The lowest BCUT2D eigenvalue weighted by Crippen LogP contribution is -2.56. The molecule has 8 heteroatoms. The van der Waals surface area contributed by atoms with Crippen LogP contribution in [0.4, 0.5) is 10.6 Å². The van der Waals surface area contributed by atoms with Crippen molar-refractivity contribution in [3.05, 3.63) is 23.9 Å². The molecular weight excluding hydrogens is 312 g/mol. The van der Waals surface area contributed by atoms with Gasteiger partial charge in [-0.05, 0) is 31.9 Å². The lowest BCUT2D eigenvalue weighted by atomic mass is 10.0. The largest absolute Gasteiger partial charge is 0.477 e. The van der Waals surface area contributed by atoms with Crippen LogP contribution in [-0.2, 0) is 4.74 Å². The maximum absolute atomic E-state index is 12.2. The van der Waals surface area contributed by atoms with Crippen LogP contribution in [0.3, 0.4) is 0 Å². The normalized spacial score (nSPS) is 18.9. The Balaban J connectivity index is 1.90. The zero-order valence-electron chi connectivity index (χ0n) is 13.8. The second kappa shape index (κ2) is 7.29. The molecule has 0 aromatic carbocycles. The highest BCUT2D eigenvalue weighted by molar-refractivity contribution is 5.85. The van der Waals surface area contributed by atoms with Crippen molar-refractivity contribution in [3.63, 3.8) is 0 Å². The van der Waals surface area contributed by atoms with Crippen molar-refractivity contribution in [2.45, 2.75) is 38.3 Å². The first-order chi connectivity index (χ1) is 11.4.